The van der Waals surface area contributed by atoms with Gasteiger partial charge in [-0.2, -0.15) is 0 Å². The highest BCUT2D eigenvalue weighted by Gasteiger charge is 2.52. The number of hydrogen-bond donors (Lipinski definition) is 1. The molecule has 6 nitrogen and oxygen atoms in total. The minimum absolute atomic E-state index is 0.181. The van der Waals surface area contributed by atoms with E-state index in [0.29, 0.717) is 32.2 Å². The monoisotopic (exact) mass is 304 g/mol. The molecule has 0 spiro atoms. The maximum Gasteiger partial charge on any atom is 0.327 e. The minimum atomic E-state index is -2.89. The molecule has 2 rings (SSSR count). The summed E-state index contributed by atoms with van der Waals surface area (Å²) >= 11 is 0. The lowest BCUT2D eigenvalue weighted by Gasteiger charge is -2.37. The summed E-state index contributed by atoms with van der Waals surface area (Å²) in [7, 11) is -1.10. The molecule has 1 N–H and O–H groups in total. The van der Waals surface area contributed by atoms with Gasteiger partial charge < -0.3 is 10.1 Å². The molecule has 0 aromatic heterocycles. The van der Waals surface area contributed by atoms with Crippen molar-refractivity contribution in [1.82, 2.24) is 10.2 Å². The van der Waals surface area contributed by atoms with Gasteiger partial charge in [0.15, 0.2) is 9.84 Å². The smallest absolute Gasteiger partial charge is 0.327 e. The Morgan fingerprint density at radius 1 is 1.35 bits per heavy atom. The maximum absolute atomic E-state index is 12.3. The van der Waals surface area contributed by atoms with E-state index in [1.807, 2.05) is 0 Å². The zero-order chi connectivity index (χ0) is 14.8. The van der Waals surface area contributed by atoms with Gasteiger partial charge in [-0.3, -0.25) is 4.90 Å². The van der Waals surface area contributed by atoms with Crippen molar-refractivity contribution in [2.24, 2.45) is 5.92 Å². The molecule has 0 aromatic rings. The van der Waals surface area contributed by atoms with Crippen molar-refractivity contribution in [1.29, 1.82) is 0 Å². The van der Waals surface area contributed by atoms with Crippen LogP contribution in [0.1, 0.15) is 19.8 Å². The summed E-state index contributed by atoms with van der Waals surface area (Å²) in [6, 6.07) is 0. The molecule has 0 aromatic carbocycles. The van der Waals surface area contributed by atoms with E-state index in [2.05, 4.69) is 10.2 Å². The van der Waals surface area contributed by atoms with Gasteiger partial charge in [-0.05, 0) is 32.7 Å². The zero-order valence-corrected chi connectivity index (χ0v) is 13.0. The molecule has 2 fully saturated rings. The number of likely N-dealkylation sites (N-methyl/N-ethyl adjacent to an activating group) is 1. The summed E-state index contributed by atoms with van der Waals surface area (Å²) in [6.45, 7) is 3.69. The summed E-state index contributed by atoms with van der Waals surface area (Å²) in [5.41, 5.74) is -0.683. The standard InChI is InChI=1S/C13H24N2O4S/c1-3-19-12(16)13(14-2,11-4-5-11)10-15-6-8-20(17,18)9-7-15/h11,14H,3-10H2,1-2H3. The Labute approximate surface area is 120 Å². The predicted molar refractivity (Wildman–Crippen MR) is 76.2 cm³/mol. The molecule has 1 unspecified atom stereocenters. The Morgan fingerprint density at radius 2 is 1.95 bits per heavy atom. The van der Waals surface area contributed by atoms with Crippen LogP contribution in [-0.4, -0.2) is 69.6 Å². The lowest BCUT2D eigenvalue weighted by atomic mass is 9.92. The van der Waals surface area contributed by atoms with Crippen LogP contribution in [-0.2, 0) is 19.4 Å². The number of hydrogen-bond acceptors (Lipinski definition) is 6. The molecule has 116 valence electrons. The van der Waals surface area contributed by atoms with Crippen LogP contribution < -0.4 is 5.32 Å². The Hall–Kier alpha value is -0.660. The van der Waals surface area contributed by atoms with E-state index >= 15 is 0 Å². The van der Waals surface area contributed by atoms with Crippen LogP contribution in [0.2, 0.25) is 0 Å². The van der Waals surface area contributed by atoms with Gasteiger partial charge in [-0.1, -0.05) is 0 Å². The van der Waals surface area contributed by atoms with Gasteiger partial charge in [0.2, 0.25) is 0 Å². The fourth-order valence-corrected chi connectivity index (χ4v) is 4.12. The van der Waals surface area contributed by atoms with Gasteiger partial charge in [-0.25, -0.2) is 13.2 Å². The zero-order valence-electron chi connectivity index (χ0n) is 12.2. The Morgan fingerprint density at radius 3 is 2.40 bits per heavy atom. The van der Waals surface area contributed by atoms with Crippen LogP contribution in [0.3, 0.4) is 0 Å². The van der Waals surface area contributed by atoms with Crippen LogP contribution in [0.4, 0.5) is 0 Å². The molecule has 1 heterocycles. The van der Waals surface area contributed by atoms with E-state index in [1.165, 1.54) is 0 Å². The predicted octanol–water partition coefficient (Wildman–Crippen LogP) is -0.352. The molecule has 1 atom stereocenters. The second-order valence-electron chi connectivity index (χ2n) is 5.64. The van der Waals surface area contributed by atoms with Crippen molar-refractivity contribution in [3.63, 3.8) is 0 Å². The average molecular weight is 304 g/mol. The third-order valence-electron chi connectivity index (χ3n) is 4.27. The van der Waals surface area contributed by atoms with E-state index in [9.17, 15) is 13.2 Å². The van der Waals surface area contributed by atoms with Crippen molar-refractivity contribution in [3.8, 4) is 0 Å². The highest BCUT2D eigenvalue weighted by atomic mass is 32.2. The number of ether oxygens (including phenoxy) is 1. The molecule has 1 aliphatic carbocycles. The number of rotatable bonds is 6. The van der Waals surface area contributed by atoms with Crippen molar-refractivity contribution in [2.45, 2.75) is 25.3 Å². The molecule has 0 bridgehead atoms. The first-order valence-electron chi connectivity index (χ1n) is 7.22. The summed E-state index contributed by atoms with van der Waals surface area (Å²) in [4.78, 5) is 14.4. The molecule has 1 saturated heterocycles. The lowest BCUT2D eigenvalue weighted by molar-refractivity contribution is -0.153. The molecule has 20 heavy (non-hydrogen) atoms. The van der Waals surface area contributed by atoms with Gasteiger partial charge in [0.25, 0.3) is 0 Å². The molecular weight excluding hydrogens is 280 g/mol. The molecule has 1 aliphatic heterocycles. The molecule has 7 heteroatoms. The largest absolute Gasteiger partial charge is 0.465 e. The van der Waals surface area contributed by atoms with Gasteiger partial charge in [0.1, 0.15) is 5.54 Å². The Balaban J connectivity index is 2.06. The SMILES string of the molecule is CCOC(=O)C(CN1CCS(=O)(=O)CC1)(NC)C1CC1. The molecule has 2 aliphatic rings. The lowest BCUT2D eigenvalue weighted by Crippen LogP contribution is -2.61. The Kier molecular flexibility index (Phi) is 4.71. The van der Waals surface area contributed by atoms with Gasteiger partial charge in [-0.15, -0.1) is 0 Å². The van der Waals surface area contributed by atoms with Crippen LogP contribution in [0.5, 0.6) is 0 Å². The minimum Gasteiger partial charge on any atom is -0.465 e. The second-order valence-corrected chi connectivity index (χ2v) is 7.95. The molecule has 0 amide bonds. The number of esters is 1. The van der Waals surface area contributed by atoms with Crippen molar-refractivity contribution < 1.29 is 17.9 Å². The van der Waals surface area contributed by atoms with Crippen molar-refractivity contribution in [3.05, 3.63) is 0 Å². The summed E-state index contributed by atoms with van der Waals surface area (Å²) < 4.78 is 28.2. The van der Waals surface area contributed by atoms with Crippen molar-refractivity contribution in [2.75, 3.05) is 44.8 Å². The first-order valence-corrected chi connectivity index (χ1v) is 9.04. The molecule has 1 saturated carbocycles. The van der Waals surface area contributed by atoms with Crippen LogP contribution in [0.25, 0.3) is 0 Å². The second kappa shape index (κ2) is 5.99. The summed E-state index contributed by atoms with van der Waals surface area (Å²) in [5.74, 6) is 0.448. The summed E-state index contributed by atoms with van der Waals surface area (Å²) in [5, 5.41) is 3.16. The van der Waals surface area contributed by atoms with Crippen molar-refractivity contribution >= 4 is 15.8 Å². The normalized spacial score (nSPS) is 25.9. The third kappa shape index (κ3) is 3.32. The first kappa shape index (κ1) is 15.7. The van der Waals surface area contributed by atoms with Gasteiger partial charge >= 0.3 is 5.97 Å². The average Bonchev–Trinajstić information content (AvgIpc) is 3.23. The van der Waals surface area contributed by atoms with E-state index in [-0.39, 0.29) is 17.5 Å². The van der Waals surface area contributed by atoms with E-state index in [1.54, 1.807) is 14.0 Å². The van der Waals surface area contributed by atoms with Crippen LogP contribution >= 0.6 is 0 Å². The number of nitrogens with one attached hydrogen (secondary N) is 1. The van der Waals surface area contributed by atoms with Crippen LogP contribution in [0.15, 0.2) is 0 Å². The Bertz CT molecular complexity index is 447. The van der Waals surface area contributed by atoms with E-state index in [0.717, 1.165) is 12.8 Å². The summed E-state index contributed by atoms with van der Waals surface area (Å²) in [6.07, 6.45) is 2.04. The van der Waals surface area contributed by atoms with Gasteiger partial charge in [0, 0.05) is 19.6 Å². The third-order valence-corrected chi connectivity index (χ3v) is 5.88. The fraction of sp³-hybridized carbons (Fsp3) is 0.923. The molecule has 0 radical (unpaired) electrons. The molecular formula is C13H24N2O4S. The highest BCUT2D eigenvalue weighted by molar-refractivity contribution is 7.91. The quantitative estimate of drug-likeness (QED) is 0.676. The number of carbonyl (C=O) groups excluding carboxylic acids is 1. The highest BCUT2D eigenvalue weighted by Crippen LogP contribution is 2.41. The fourth-order valence-electron chi connectivity index (χ4n) is 2.84. The number of nitrogens with zero attached hydrogens (tertiary/aromatic N) is 1. The van der Waals surface area contributed by atoms with E-state index < -0.39 is 15.4 Å². The number of carbonyl (C=O) groups is 1. The maximum atomic E-state index is 12.3. The topological polar surface area (TPSA) is 75.7 Å². The van der Waals surface area contributed by atoms with Crippen LogP contribution in [0, 0.1) is 5.92 Å². The van der Waals surface area contributed by atoms with Gasteiger partial charge in [0.05, 0.1) is 18.1 Å². The van der Waals surface area contributed by atoms with E-state index in [4.69, 9.17) is 4.74 Å². The first-order chi connectivity index (χ1) is 9.43. The number of sulfone groups is 1.